The fourth-order valence-electron chi connectivity index (χ4n) is 4.57. The van der Waals surface area contributed by atoms with Gasteiger partial charge in [-0.1, -0.05) is 17.7 Å². The molecule has 0 N–H and O–H groups in total. The molecule has 0 saturated carbocycles. The molecule has 2 saturated heterocycles. The van der Waals surface area contributed by atoms with Crippen molar-refractivity contribution >= 4 is 29.1 Å². The van der Waals surface area contributed by atoms with Gasteiger partial charge in [0.05, 0.1) is 0 Å². The van der Waals surface area contributed by atoms with E-state index in [1.807, 2.05) is 46.3 Å². The van der Waals surface area contributed by atoms with Crippen LogP contribution in [0.3, 0.4) is 0 Å². The van der Waals surface area contributed by atoms with Crippen LogP contribution in [0.2, 0.25) is 5.02 Å². The Kier molecular flexibility index (Phi) is 3.60. The Labute approximate surface area is 158 Å². The van der Waals surface area contributed by atoms with Crippen LogP contribution in [0.4, 0.5) is 16.3 Å². The number of aromatic nitrogens is 1. The summed E-state index contributed by atoms with van der Waals surface area (Å²) < 4.78 is 0. The number of carbonyl (C=O) groups excluding carboxylic acids is 1. The molecule has 0 atom stereocenters. The summed E-state index contributed by atoms with van der Waals surface area (Å²) in [7, 11) is 0. The maximum absolute atomic E-state index is 13.0. The van der Waals surface area contributed by atoms with Gasteiger partial charge in [-0.15, -0.1) is 0 Å². The summed E-state index contributed by atoms with van der Waals surface area (Å²) in [6.45, 7) is 4.44. The molecule has 5 rings (SSSR count). The second kappa shape index (κ2) is 5.88. The highest BCUT2D eigenvalue weighted by Crippen LogP contribution is 2.42. The number of hydrogen-bond donors (Lipinski definition) is 0. The molecule has 1 aromatic carbocycles. The number of halogens is 1. The monoisotopic (exact) mass is 368 g/mol. The highest BCUT2D eigenvalue weighted by atomic mass is 35.5. The topological polar surface area (TPSA) is 39.7 Å². The van der Waals surface area contributed by atoms with E-state index >= 15 is 0 Å². The summed E-state index contributed by atoms with van der Waals surface area (Å²) in [6.07, 6.45) is 3.85. The maximum Gasteiger partial charge on any atom is 0.324 e. The van der Waals surface area contributed by atoms with Crippen molar-refractivity contribution in [1.82, 2.24) is 9.88 Å². The SMILES string of the molecule is O=C(N1CC2(CCN(c3ccccn3)C2)C1)N1CCc2cc(Cl)ccc21. The van der Waals surface area contributed by atoms with Crippen molar-refractivity contribution in [3.8, 4) is 0 Å². The molecule has 0 radical (unpaired) electrons. The summed E-state index contributed by atoms with van der Waals surface area (Å²) in [5.41, 5.74) is 2.42. The van der Waals surface area contributed by atoms with E-state index in [2.05, 4.69) is 16.0 Å². The lowest BCUT2D eigenvalue weighted by atomic mass is 9.79. The Balaban J connectivity index is 1.25. The summed E-state index contributed by atoms with van der Waals surface area (Å²) in [5.74, 6) is 1.04. The van der Waals surface area contributed by atoms with Crippen LogP contribution in [0.1, 0.15) is 12.0 Å². The third-order valence-electron chi connectivity index (χ3n) is 5.90. The first-order valence-corrected chi connectivity index (χ1v) is 9.52. The first-order chi connectivity index (χ1) is 12.6. The van der Waals surface area contributed by atoms with Crippen LogP contribution in [0.5, 0.6) is 0 Å². The van der Waals surface area contributed by atoms with Crippen molar-refractivity contribution in [3.63, 3.8) is 0 Å². The molecule has 2 amide bonds. The van der Waals surface area contributed by atoms with Gasteiger partial charge in [0.1, 0.15) is 5.82 Å². The van der Waals surface area contributed by atoms with E-state index in [1.54, 1.807) is 0 Å². The molecule has 1 spiro atoms. The molecule has 2 fully saturated rings. The van der Waals surface area contributed by atoms with E-state index in [0.29, 0.717) is 0 Å². The molecular weight excluding hydrogens is 348 g/mol. The number of pyridine rings is 1. The molecule has 3 aliphatic rings. The molecule has 3 aliphatic heterocycles. The smallest absolute Gasteiger partial charge is 0.324 e. The standard InChI is InChI=1S/C20H21ClN4O/c21-16-4-5-17-15(11-16)6-9-25(17)19(26)24-13-20(14-24)7-10-23(12-20)18-3-1-2-8-22-18/h1-5,8,11H,6-7,9-10,12-14H2. The molecule has 0 aliphatic carbocycles. The van der Waals surface area contributed by atoms with Gasteiger partial charge in [-0.25, -0.2) is 9.78 Å². The van der Waals surface area contributed by atoms with Crippen molar-refractivity contribution in [2.75, 3.05) is 42.5 Å². The number of benzene rings is 1. The molecule has 4 heterocycles. The van der Waals surface area contributed by atoms with Crippen molar-refractivity contribution in [1.29, 1.82) is 0 Å². The van der Waals surface area contributed by atoms with Crippen LogP contribution in [0, 0.1) is 5.41 Å². The Morgan fingerprint density at radius 3 is 2.81 bits per heavy atom. The minimum atomic E-state index is 0.132. The number of urea groups is 1. The lowest BCUT2D eigenvalue weighted by molar-refractivity contribution is 0.0526. The highest BCUT2D eigenvalue weighted by Gasteiger charge is 2.50. The van der Waals surface area contributed by atoms with Crippen LogP contribution < -0.4 is 9.80 Å². The lowest BCUT2D eigenvalue weighted by Gasteiger charge is -2.49. The van der Waals surface area contributed by atoms with Gasteiger partial charge >= 0.3 is 6.03 Å². The van der Waals surface area contributed by atoms with E-state index in [1.165, 1.54) is 5.56 Å². The van der Waals surface area contributed by atoms with E-state index in [0.717, 1.165) is 62.1 Å². The number of fused-ring (bicyclic) bond motifs is 1. The number of carbonyl (C=O) groups is 1. The minimum absolute atomic E-state index is 0.132. The van der Waals surface area contributed by atoms with E-state index < -0.39 is 0 Å². The Morgan fingerprint density at radius 1 is 1.12 bits per heavy atom. The zero-order valence-electron chi connectivity index (χ0n) is 14.6. The fourth-order valence-corrected chi connectivity index (χ4v) is 4.76. The zero-order valence-corrected chi connectivity index (χ0v) is 15.3. The molecule has 0 unspecified atom stereocenters. The Morgan fingerprint density at radius 2 is 2.00 bits per heavy atom. The number of amides is 2. The summed E-state index contributed by atoms with van der Waals surface area (Å²) in [4.78, 5) is 23.7. The van der Waals surface area contributed by atoms with Crippen molar-refractivity contribution in [2.24, 2.45) is 5.41 Å². The summed E-state index contributed by atoms with van der Waals surface area (Å²) >= 11 is 6.07. The van der Waals surface area contributed by atoms with Gasteiger partial charge in [0.15, 0.2) is 0 Å². The van der Waals surface area contributed by atoms with Gasteiger partial charge in [0.2, 0.25) is 0 Å². The quantitative estimate of drug-likeness (QED) is 0.774. The molecule has 26 heavy (non-hydrogen) atoms. The predicted octanol–water partition coefficient (Wildman–Crippen LogP) is 3.43. The maximum atomic E-state index is 13.0. The van der Waals surface area contributed by atoms with Crippen LogP contribution in [0.25, 0.3) is 0 Å². The normalized spacial score (nSPS) is 20.4. The second-order valence-corrected chi connectivity index (χ2v) is 8.11. The van der Waals surface area contributed by atoms with Gasteiger partial charge in [-0.05, 0) is 48.7 Å². The fraction of sp³-hybridized carbons (Fsp3) is 0.400. The van der Waals surface area contributed by atoms with Crippen LogP contribution >= 0.6 is 11.6 Å². The van der Waals surface area contributed by atoms with Crippen LogP contribution in [-0.2, 0) is 6.42 Å². The summed E-state index contributed by atoms with van der Waals surface area (Å²) in [6, 6.07) is 12.0. The first kappa shape index (κ1) is 15.9. The molecule has 1 aromatic heterocycles. The average molecular weight is 369 g/mol. The number of likely N-dealkylation sites (tertiary alicyclic amines) is 1. The van der Waals surface area contributed by atoms with Crippen molar-refractivity contribution < 1.29 is 4.79 Å². The van der Waals surface area contributed by atoms with Crippen LogP contribution in [0.15, 0.2) is 42.6 Å². The van der Waals surface area contributed by atoms with Gasteiger partial charge in [-0.3, -0.25) is 4.90 Å². The molecule has 2 aromatic rings. The van der Waals surface area contributed by atoms with Crippen molar-refractivity contribution in [3.05, 3.63) is 53.2 Å². The third kappa shape index (κ3) is 2.53. The predicted molar refractivity (Wildman–Crippen MR) is 103 cm³/mol. The second-order valence-electron chi connectivity index (χ2n) is 7.67. The highest BCUT2D eigenvalue weighted by molar-refractivity contribution is 6.30. The number of rotatable bonds is 1. The third-order valence-corrected chi connectivity index (χ3v) is 6.14. The molecular formula is C20H21ClN4O. The van der Waals surface area contributed by atoms with Gasteiger partial charge < -0.3 is 9.80 Å². The zero-order chi connectivity index (χ0) is 17.7. The minimum Gasteiger partial charge on any atom is -0.356 e. The molecule has 6 heteroatoms. The molecule has 5 nitrogen and oxygen atoms in total. The van der Waals surface area contributed by atoms with Gasteiger partial charge in [0, 0.05) is 55.0 Å². The van der Waals surface area contributed by atoms with Crippen molar-refractivity contribution in [2.45, 2.75) is 12.8 Å². The number of hydrogen-bond acceptors (Lipinski definition) is 3. The molecule has 134 valence electrons. The lowest BCUT2D eigenvalue weighted by Crippen LogP contribution is -2.62. The summed E-state index contributed by atoms with van der Waals surface area (Å²) in [5, 5.41) is 0.738. The van der Waals surface area contributed by atoms with E-state index in [4.69, 9.17) is 11.6 Å². The first-order valence-electron chi connectivity index (χ1n) is 9.14. The van der Waals surface area contributed by atoms with Gasteiger partial charge in [0.25, 0.3) is 0 Å². The Hall–Kier alpha value is -2.27. The van der Waals surface area contributed by atoms with Gasteiger partial charge in [-0.2, -0.15) is 0 Å². The number of nitrogens with zero attached hydrogens (tertiary/aromatic N) is 4. The van der Waals surface area contributed by atoms with E-state index in [9.17, 15) is 4.79 Å². The van der Waals surface area contributed by atoms with Crippen LogP contribution in [-0.4, -0.2) is 48.6 Å². The Bertz CT molecular complexity index is 850. The van der Waals surface area contributed by atoms with E-state index in [-0.39, 0.29) is 11.4 Å². The number of anilines is 2. The average Bonchev–Trinajstić information content (AvgIpc) is 3.25. The largest absolute Gasteiger partial charge is 0.356 e. The molecule has 0 bridgehead atoms.